The Bertz CT molecular complexity index is 661. The first kappa shape index (κ1) is 18.2. The number of furan rings is 1. The first-order valence-electron chi connectivity index (χ1n) is 8.07. The van der Waals surface area contributed by atoms with Gasteiger partial charge < -0.3 is 19.6 Å². The maximum absolute atomic E-state index is 11.9. The van der Waals surface area contributed by atoms with Crippen LogP contribution in [0.3, 0.4) is 0 Å². The van der Waals surface area contributed by atoms with E-state index in [0.717, 1.165) is 12.2 Å². The molecular weight excluding hydrogens is 306 g/mol. The summed E-state index contributed by atoms with van der Waals surface area (Å²) in [4.78, 5) is 11.9. The van der Waals surface area contributed by atoms with Gasteiger partial charge in [0.1, 0.15) is 23.7 Å². The van der Waals surface area contributed by atoms with Crippen LogP contribution in [-0.2, 0) is 21.6 Å². The predicted molar refractivity (Wildman–Crippen MR) is 91.7 cm³/mol. The summed E-state index contributed by atoms with van der Waals surface area (Å²) in [5, 5.41) is 13.2. The van der Waals surface area contributed by atoms with Gasteiger partial charge >= 0.3 is 0 Å². The number of aliphatic hydroxyl groups is 1. The van der Waals surface area contributed by atoms with E-state index < -0.39 is 5.60 Å². The van der Waals surface area contributed by atoms with Crippen molar-refractivity contribution in [1.29, 1.82) is 0 Å². The maximum Gasteiger partial charge on any atom is 0.246 e. The number of carbonyl (C=O) groups excluding carboxylic acids is 1. The number of aryl methyl sites for hydroxylation is 2. The lowest BCUT2D eigenvalue weighted by Crippen LogP contribution is -2.40. The molecule has 1 atom stereocenters. The number of hydrogen-bond acceptors (Lipinski definition) is 4. The van der Waals surface area contributed by atoms with Crippen LogP contribution < -0.4 is 5.32 Å². The topological polar surface area (TPSA) is 71.7 Å². The molecule has 0 saturated heterocycles. The molecule has 1 unspecified atom stereocenters. The van der Waals surface area contributed by atoms with Gasteiger partial charge in [0.05, 0.1) is 13.2 Å². The molecule has 1 aromatic carbocycles. The van der Waals surface area contributed by atoms with Crippen molar-refractivity contribution in [3.8, 4) is 0 Å². The van der Waals surface area contributed by atoms with E-state index in [2.05, 4.69) is 5.32 Å². The fraction of sp³-hybridized carbons (Fsp3) is 0.421. The van der Waals surface area contributed by atoms with Gasteiger partial charge in [0.15, 0.2) is 0 Å². The maximum atomic E-state index is 11.9. The van der Waals surface area contributed by atoms with Crippen molar-refractivity contribution < 1.29 is 19.1 Å². The predicted octanol–water partition coefficient (Wildman–Crippen LogP) is 2.48. The highest BCUT2D eigenvalue weighted by atomic mass is 16.5. The van der Waals surface area contributed by atoms with Crippen LogP contribution in [0, 0.1) is 13.8 Å². The Labute approximate surface area is 142 Å². The summed E-state index contributed by atoms with van der Waals surface area (Å²) >= 11 is 0. The van der Waals surface area contributed by atoms with Gasteiger partial charge in [0.25, 0.3) is 0 Å². The summed E-state index contributed by atoms with van der Waals surface area (Å²) in [5.41, 5.74) is 0.679. The van der Waals surface area contributed by atoms with Crippen molar-refractivity contribution in [3.63, 3.8) is 0 Å². The van der Waals surface area contributed by atoms with Gasteiger partial charge in [-0.1, -0.05) is 30.3 Å². The molecular formula is C19H25NO4. The zero-order chi connectivity index (χ0) is 17.6. The lowest BCUT2D eigenvalue weighted by molar-refractivity contribution is -0.126. The van der Waals surface area contributed by atoms with Crippen LogP contribution in [-0.4, -0.2) is 30.8 Å². The zero-order valence-electron chi connectivity index (χ0n) is 14.5. The normalized spacial score (nSPS) is 13.5. The molecule has 2 N–H and O–H groups in total. The summed E-state index contributed by atoms with van der Waals surface area (Å²) in [6, 6.07) is 11.8. The third kappa shape index (κ3) is 5.22. The summed E-state index contributed by atoms with van der Waals surface area (Å²) in [5.74, 6) is 1.14. The van der Waals surface area contributed by atoms with Crippen LogP contribution in [0.1, 0.15) is 29.6 Å². The summed E-state index contributed by atoms with van der Waals surface area (Å²) in [6.45, 7) is 5.84. The smallest absolute Gasteiger partial charge is 0.246 e. The van der Waals surface area contributed by atoms with Crippen molar-refractivity contribution in [2.24, 2.45) is 0 Å². The lowest BCUT2D eigenvalue weighted by atomic mass is 9.96. The molecule has 24 heavy (non-hydrogen) atoms. The number of amides is 1. The third-order valence-electron chi connectivity index (χ3n) is 3.86. The molecule has 0 aliphatic rings. The van der Waals surface area contributed by atoms with Gasteiger partial charge in [-0.25, -0.2) is 0 Å². The monoisotopic (exact) mass is 331 g/mol. The van der Waals surface area contributed by atoms with Gasteiger partial charge in [0.2, 0.25) is 5.91 Å². The van der Waals surface area contributed by atoms with Crippen molar-refractivity contribution in [2.45, 2.75) is 32.8 Å². The quantitative estimate of drug-likeness (QED) is 0.729. The molecule has 1 aromatic heterocycles. The molecule has 5 nitrogen and oxygen atoms in total. The number of hydrogen-bond donors (Lipinski definition) is 2. The van der Waals surface area contributed by atoms with E-state index >= 15 is 0 Å². The first-order valence-corrected chi connectivity index (χ1v) is 8.07. The van der Waals surface area contributed by atoms with Crippen LogP contribution in [0.5, 0.6) is 0 Å². The van der Waals surface area contributed by atoms with E-state index in [0.29, 0.717) is 17.9 Å². The Kier molecular flexibility index (Phi) is 6.17. The number of rotatable bonds is 8. The average molecular weight is 331 g/mol. The molecule has 0 spiro atoms. The van der Waals surface area contributed by atoms with Crippen LogP contribution in [0.25, 0.3) is 0 Å². The molecule has 5 heteroatoms. The molecule has 0 radical (unpaired) electrons. The number of carbonyl (C=O) groups is 1. The van der Waals surface area contributed by atoms with Crippen molar-refractivity contribution in [1.82, 2.24) is 5.32 Å². The van der Waals surface area contributed by atoms with Crippen molar-refractivity contribution >= 4 is 5.91 Å². The highest BCUT2D eigenvalue weighted by Gasteiger charge is 2.28. The second-order valence-corrected chi connectivity index (χ2v) is 6.17. The SMILES string of the molecule is Cc1cc(C(C)(O)CNC(=O)COCCc2ccccc2)c(C)o1. The minimum Gasteiger partial charge on any atom is -0.466 e. The second-order valence-electron chi connectivity index (χ2n) is 6.17. The molecule has 0 bridgehead atoms. The van der Waals surface area contributed by atoms with E-state index in [1.807, 2.05) is 37.3 Å². The highest BCUT2D eigenvalue weighted by Crippen LogP contribution is 2.26. The molecule has 1 amide bonds. The Morgan fingerprint density at radius 1 is 1.29 bits per heavy atom. The van der Waals surface area contributed by atoms with Crippen LogP contribution in [0.4, 0.5) is 0 Å². The largest absolute Gasteiger partial charge is 0.466 e. The number of ether oxygens (including phenoxy) is 1. The van der Waals surface area contributed by atoms with Gasteiger partial charge in [0, 0.05) is 5.56 Å². The first-order chi connectivity index (χ1) is 11.4. The van der Waals surface area contributed by atoms with Crippen LogP contribution in [0.15, 0.2) is 40.8 Å². The van der Waals surface area contributed by atoms with Crippen LogP contribution >= 0.6 is 0 Å². The lowest BCUT2D eigenvalue weighted by Gasteiger charge is -2.23. The highest BCUT2D eigenvalue weighted by molar-refractivity contribution is 5.77. The van der Waals surface area contributed by atoms with Crippen molar-refractivity contribution in [3.05, 3.63) is 59.0 Å². The summed E-state index contributed by atoms with van der Waals surface area (Å²) < 4.78 is 10.8. The Balaban J connectivity index is 1.71. The molecule has 2 rings (SSSR count). The minimum atomic E-state index is -1.18. The number of nitrogens with one attached hydrogen (secondary N) is 1. The van der Waals surface area contributed by atoms with E-state index in [1.165, 1.54) is 5.56 Å². The Morgan fingerprint density at radius 2 is 2.00 bits per heavy atom. The fourth-order valence-electron chi connectivity index (χ4n) is 2.58. The number of benzene rings is 1. The van der Waals surface area contributed by atoms with Gasteiger partial charge in [-0.2, -0.15) is 0 Å². The molecule has 0 saturated carbocycles. The molecule has 0 fully saturated rings. The van der Waals surface area contributed by atoms with E-state index in [-0.39, 0.29) is 19.1 Å². The molecule has 130 valence electrons. The molecule has 1 heterocycles. The zero-order valence-corrected chi connectivity index (χ0v) is 14.5. The summed E-state index contributed by atoms with van der Waals surface area (Å²) in [6.07, 6.45) is 0.763. The molecule has 0 aliphatic carbocycles. The van der Waals surface area contributed by atoms with E-state index in [9.17, 15) is 9.90 Å². The Morgan fingerprint density at radius 3 is 2.62 bits per heavy atom. The fourth-order valence-corrected chi connectivity index (χ4v) is 2.58. The summed E-state index contributed by atoms with van der Waals surface area (Å²) in [7, 11) is 0. The van der Waals surface area contributed by atoms with E-state index in [4.69, 9.17) is 9.15 Å². The average Bonchev–Trinajstić information content (AvgIpc) is 2.90. The minimum absolute atomic E-state index is 0.0215. The molecule has 0 aliphatic heterocycles. The van der Waals surface area contributed by atoms with Crippen molar-refractivity contribution in [2.75, 3.05) is 19.8 Å². The van der Waals surface area contributed by atoms with Gasteiger partial charge in [-0.15, -0.1) is 0 Å². The second kappa shape index (κ2) is 8.13. The van der Waals surface area contributed by atoms with E-state index in [1.54, 1.807) is 19.9 Å². The van der Waals surface area contributed by atoms with Gasteiger partial charge in [-0.3, -0.25) is 4.79 Å². The third-order valence-corrected chi connectivity index (χ3v) is 3.86. The molecule has 2 aromatic rings. The standard InChI is InChI=1S/C19H25NO4/c1-14-11-17(15(2)24-14)19(3,22)13-20-18(21)12-23-10-9-16-7-5-4-6-8-16/h4-8,11,22H,9-10,12-13H2,1-3H3,(H,20,21). The Hall–Kier alpha value is -2.11. The van der Waals surface area contributed by atoms with Crippen LogP contribution in [0.2, 0.25) is 0 Å². The van der Waals surface area contributed by atoms with Gasteiger partial charge in [-0.05, 0) is 38.8 Å².